The Morgan fingerprint density at radius 2 is 2.18 bits per heavy atom. The fourth-order valence-electron chi connectivity index (χ4n) is 1.60. The molecule has 1 rings (SSSR count). The Morgan fingerprint density at radius 3 is 2.71 bits per heavy atom. The van der Waals surface area contributed by atoms with Crippen molar-refractivity contribution in [2.75, 3.05) is 38.3 Å². The minimum Gasteiger partial charge on any atom is -0.390 e. The van der Waals surface area contributed by atoms with E-state index in [-0.39, 0.29) is 24.0 Å². The van der Waals surface area contributed by atoms with Gasteiger partial charge in [-0.3, -0.25) is 4.79 Å². The zero-order chi connectivity index (χ0) is 12.9. The maximum Gasteiger partial charge on any atom is 0.234 e. The van der Waals surface area contributed by atoms with Crippen LogP contribution in [-0.4, -0.2) is 69.9 Å². The molecule has 1 fully saturated rings. The monoisotopic (exact) mass is 266 g/mol. The molecule has 2 atom stereocenters. The van der Waals surface area contributed by atoms with Crippen LogP contribution in [0.5, 0.6) is 0 Å². The minimum absolute atomic E-state index is 0.0129. The van der Waals surface area contributed by atoms with Crippen molar-refractivity contribution >= 4 is 15.7 Å². The lowest BCUT2D eigenvalue weighted by Crippen LogP contribution is -2.44. The molecule has 7 nitrogen and oxygen atoms in total. The van der Waals surface area contributed by atoms with Gasteiger partial charge in [0.05, 0.1) is 30.8 Å². The topological polar surface area (TPSA) is 105 Å². The Balaban J connectivity index is 2.25. The van der Waals surface area contributed by atoms with E-state index in [9.17, 15) is 18.3 Å². The van der Waals surface area contributed by atoms with Gasteiger partial charge in [-0.2, -0.15) is 0 Å². The molecule has 8 heteroatoms. The molecule has 0 spiro atoms. The molecule has 100 valence electrons. The number of sulfone groups is 1. The second kappa shape index (κ2) is 6.29. The number of rotatable bonds is 6. The van der Waals surface area contributed by atoms with Crippen LogP contribution in [0.4, 0.5) is 0 Å². The molecule has 17 heavy (non-hydrogen) atoms. The number of aliphatic hydroxyl groups is 1. The highest BCUT2D eigenvalue weighted by molar-refractivity contribution is 7.91. The molecule has 2 unspecified atom stereocenters. The Labute approximate surface area is 100 Å². The van der Waals surface area contributed by atoms with Crippen molar-refractivity contribution in [3.63, 3.8) is 0 Å². The number of aliphatic hydroxyl groups excluding tert-OH is 1. The summed E-state index contributed by atoms with van der Waals surface area (Å²) < 4.78 is 27.1. The zero-order valence-electron chi connectivity index (χ0n) is 9.68. The molecule has 0 aliphatic carbocycles. The first-order chi connectivity index (χ1) is 7.94. The summed E-state index contributed by atoms with van der Waals surface area (Å²) in [5, 5.41) is 14.8. The first-order valence-corrected chi connectivity index (χ1v) is 7.14. The van der Waals surface area contributed by atoms with Gasteiger partial charge in [0.2, 0.25) is 5.91 Å². The maximum absolute atomic E-state index is 11.3. The van der Waals surface area contributed by atoms with Crippen LogP contribution in [0.25, 0.3) is 0 Å². The number of hydrogen-bond acceptors (Lipinski definition) is 6. The van der Waals surface area contributed by atoms with Crippen LogP contribution >= 0.6 is 0 Å². The molecule has 0 bridgehead atoms. The fourth-order valence-corrected chi connectivity index (χ4v) is 3.38. The lowest BCUT2D eigenvalue weighted by Gasteiger charge is -2.14. The lowest BCUT2D eigenvalue weighted by atomic mass is 10.2. The highest BCUT2D eigenvalue weighted by Crippen LogP contribution is 2.11. The molecule has 1 heterocycles. The summed E-state index contributed by atoms with van der Waals surface area (Å²) in [7, 11) is -1.65. The van der Waals surface area contributed by atoms with E-state index in [2.05, 4.69) is 10.6 Å². The van der Waals surface area contributed by atoms with Gasteiger partial charge < -0.3 is 20.5 Å². The molecule has 0 aromatic heterocycles. The molecule has 0 aromatic rings. The zero-order valence-corrected chi connectivity index (χ0v) is 10.5. The van der Waals surface area contributed by atoms with Gasteiger partial charge in [0.25, 0.3) is 0 Å². The van der Waals surface area contributed by atoms with Gasteiger partial charge in [0.15, 0.2) is 9.84 Å². The maximum atomic E-state index is 11.3. The number of hydrogen-bond donors (Lipinski definition) is 3. The second-order valence-corrected chi connectivity index (χ2v) is 6.13. The van der Waals surface area contributed by atoms with Crippen LogP contribution in [0.1, 0.15) is 0 Å². The lowest BCUT2D eigenvalue weighted by molar-refractivity contribution is -0.120. The van der Waals surface area contributed by atoms with Crippen LogP contribution < -0.4 is 10.6 Å². The summed E-state index contributed by atoms with van der Waals surface area (Å²) in [4.78, 5) is 11.3. The standard InChI is InChI=1S/C9H18N2O5S/c1-16-3-2-10-9(13)4-11-7-5-17(14,15)6-8(7)12/h7-8,11-12H,2-6H2,1H3,(H,10,13). The SMILES string of the molecule is COCCNC(=O)CNC1CS(=O)(=O)CC1O. The number of methoxy groups -OCH3 is 1. The third-order valence-corrected chi connectivity index (χ3v) is 4.19. The van der Waals surface area contributed by atoms with Crippen LogP contribution in [0.3, 0.4) is 0 Å². The summed E-state index contributed by atoms with van der Waals surface area (Å²) in [5.74, 6) is -0.617. The van der Waals surface area contributed by atoms with Gasteiger partial charge in [-0.15, -0.1) is 0 Å². The quantitative estimate of drug-likeness (QED) is 0.459. The number of nitrogens with one attached hydrogen (secondary N) is 2. The Kier molecular flexibility index (Phi) is 5.31. The molecular formula is C9H18N2O5S. The number of ether oxygens (including phenoxy) is 1. The van der Waals surface area contributed by atoms with Gasteiger partial charge >= 0.3 is 0 Å². The van der Waals surface area contributed by atoms with E-state index in [0.717, 1.165) is 0 Å². The summed E-state index contributed by atoms with van der Waals surface area (Å²) in [6, 6.07) is -0.562. The molecule has 1 saturated heterocycles. The third-order valence-electron chi connectivity index (χ3n) is 2.48. The van der Waals surface area contributed by atoms with E-state index in [1.54, 1.807) is 0 Å². The van der Waals surface area contributed by atoms with Crippen molar-refractivity contribution < 1.29 is 23.1 Å². The van der Waals surface area contributed by atoms with Crippen LogP contribution in [0.2, 0.25) is 0 Å². The average Bonchev–Trinajstić information content (AvgIpc) is 2.49. The highest BCUT2D eigenvalue weighted by Gasteiger charge is 2.36. The molecule has 0 saturated carbocycles. The molecule has 0 aromatic carbocycles. The van der Waals surface area contributed by atoms with Crippen molar-refractivity contribution in [3.8, 4) is 0 Å². The van der Waals surface area contributed by atoms with Crippen molar-refractivity contribution in [2.45, 2.75) is 12.1 Å². The molecule has 3 N–H and O–H groups in total. The van der Waals surface area contributed by atoms with Gasteiger partial charge in [-0.05, 0) is 0 Å². The van der Waals surface area contributed by atoms with Crippen molar-refractivity contribution in [1.29, 1.82) is 0 Å². The van der Waals surface area contributed by atoms with E-state index >= 15 is 0 Å². The second-order valence-electron chi connectivity index (χ2n) is 3.97. The predicted octanol–water partition coefficient (Wildman–Crippen LogP) is -2.50. The highest BCUT2D eigenvalue weighted by atomic mass is 32.2. The molecule has 1 aliphatic heterocycles. The number of carbonyl (C=O) groups excluding carboxylic acids is 1. The Morgan fingerprint density at radius 1 is 1.47 bits per heavy atom. The molecule has 0 radical (unpaired) electrons. The van der Waals surface area contributed by atoms with Gasteiger partial charge in [-0.25, -0.2) is 8.42 Å². The molecule has 1 amide bonds. The predicted molar refractivity (Wildman–Crippen MR) is 61.3 cm³/mol. The number of amides is 1. The Bertz CT molecular complexity index is 356. The van der Waals surface area contributed by atoms with Gasteiger partial charge in [0, 0.05) is 19.7 Å². The number of carbonyl (C=O) groups is 1. The van der Waals surface area contributed by atoms with Crippen LogP contribution in [0, 0.1) is 0 Å². The third kappa shape index (κ3) is 4.99. The van der Waals surface area contributed by atoms with E-state index in [1.807, 2.05) is 0 Å². The van der Waals surface area contributed by atoms with Gasteiger partial charge in [-0.1, -0.05) is 0 Å². The molecular weight excluding hydrogens is 248 g/mol. The normalized spacial score (nSPS) is 26.9. The van der Waals surface area contributed by atoms with Gasteiger partial charge in [0.1, 0.15) is 0 Å². The van der Waals surface area contributed by atoms with E-state index in [4.69, 9.17) is 4.74 Å². The summed E-state index contributed by atoms with van der Waals surface area (Å²) >= 11 is 0. The fraction of sp³-hybridized carbons (Fsp3) is 0.889. The first kappa shape index (κ1) is 14.4. The largest absolute Gasteiger partial charge is 0.390 e. The average molecular weight is 266 g/mol. The van der Waals surface area contributed by atoms with Crippen molar-refractivity contribution in [3.05, 3.63) is 0 Å². The first-order valence-electron chi connectivity index (χ1n) is 5.32. The van der Waals surface area contributed by atoms with E-state index in [1.165, 1.54) is 7.11 Å². The molecule has 1 aliphatic rings. The summed E-state index contributed by atoms with van der Waals surface area (Å²) in [6.45, 7) is 0.815. The van der Waals surface area contributed by atoms with Crippen molar-refractivity contribution in [2.24, 2.45) is 0 Å². The summed E-state index contributed by atoms with van der Waals surface area (Å²) in [6.07, 6.45) is -0.938. The van der Waals surface area contributed by atoms with E-state index < -0.39 is 22.0 Å². The smallest absolute Gasteiger partial charge is 0.234 e. The Hall–Kier alpha value is -0.700. The van der Waals surface area contributed by atoms with Crippen molar-refractivity contribution in [1.82, 2.24) is 10.6 Å². The van der Waals surface area contributed by atoms with Crippen LogP contribution in [0.15, 0.2) is 0 Å². The van der Waals surface area contributed by atoms with E-state index in [0.29, 0.717) is 13.2 Å². The summed E-state index contributed by atoms with van der Waals surface area (Å²) in [5.41, 5.74) is 0. The minimum atomic E-state index is -3.18. The van der Waals surface area contributed by atoms with Crippen LogP contribution in [-0.2, 0) is 19.4 Å².